The molecule has 0 aliphatic rings. The minimum absolute atomic E-state index is 0. The van der Waals surface area contributed by atoms with Crippen LogP contribution in [-0.2, 0) is 13.1 Å². The van der Waals surface area contributed by atoms with E-state index in [0.29, 0.717) is 13.1 Å². The Labute approximate surface area is 217 Å². The van der Waals surface area contributed by atoms with Crippen molar-refractivity contribution in [2.45, 2.75) is 40.8 Å². The third-order valence-electron chi connectivity index (χ3n) is 5.32. The van der Waals surface area contributed by atoms with Gasteiger partial charge in [0.05, 0.1) is 17.9 Å². The summed E-state index contributed by atoms with van der Waals surface area (Å²) in [5, 5.41) is 11.4. The number of hydrogen-bond acceptors (Lipinski definition) is 4. The zero-order chi connectivity index (χ0) is 23.2. The maximum Gasteiger partial charge on any atom is 0.191 e. The Bertz CT molecular complexity index is 1240. The van der Waals surface area contributed by atoms with Crippen molar-refractivity contribution in [3.63, 3.8) is 0 Å². The monoisotopic (exact) mass is 570 g/mol. The molecule has 0 spiro atoms. The van der Waals surface area contributed by atoms with Crippen molar-refractivity contribution in [3.05, 3.63) is 89.4 Å². The molecule has 0 unspecified atom stereocenters. The molecule has 0 aliphatic carbocycles. The van der Waals surface area contributed by atoms with E-state index < -0.39 is 0 Å². The van der Waals surface area contributed by atoms with Crippen LogP contribution >= 0.6 is 24.0 Å². The average Bonchev–Trinajstić information content (AvgIpc) is 3.40. The van der Waals surface area contributed by atoms with E-state index in [2.05, 4.69) is 57.7 Å². The van der Waals surface area contributed by atoms with E-state index in [1.807, 2.05) is 59.8 Å². The molecule has 0 radical (unpaired) electrons. The number of benzene rings is 1. The minimum Gasteiger partial charge on any atom is -0.357 e. The van der Waals surface area contributed by atoms with Crippen LogP contribution in [0.15, 0.2) is 66.0 Å². The van der Waals surface area contributed by atoms with Crippen LogP contribution in [0.4, 0.5) is 0 Å². The summed E-state index contributed by atoms with van der Waals surface area (Å²) in [6.07, 6.45) is 5.54. The zero-order valence-electron chi connectivity index (χ0n) is 20.0. The molecule has 0 bridgehead atoms. The van der Waals surface area contributed by atoms with E-state index in [1.165, 1.54) is 0 Å². The van der Waals surface area contributed by atoms with E-state index in [0.717, 1.165) is 52.3 Å². The molecule has 3 heterocycles. The lowest BCUT2D eigenvalue weighted by molar-refractivity contribution is 0.783. The van der Waals surface area contributed by atoms with Gasteiger partial charge in [0.1, 0.15) is 11.6 Å². The SMILES string of the molecule is CCNC(=NCc1ccc(-n2ccnc2C)nc1)NCc1ccccc1-n1nc(C)cc1C.I. The largest absolute Gasteiger partial charge is 0.357 e. The summed E-state index contributed by atoms with van der Waals surface area (Å²) in [6, 6.07) is 14.4. The Morgan fingerprint density at radius 3 is 2.50 bits per heavy atom. The number of aliphatic imine (C=N–C) groups is 1. The van der Waals surface area contributed by atoms with Crippen LogP contribution in [0.1, 0.15) is 35.3 Å². The lowest BCUT2D eigenvalue weighted by Crippen LogP contribution is -2.37. The summed E-state index contributed by atoms with van der Waals surface area (Å²) in [6.45, 7) is 10.1. The molecule has 0 fully saturated rings. The van der Waals surface area contributed by atoms with Crippen molar-refractivity contribution in [1.29, 1.82) is 0 Å². The molecule has 3 aromatic heterocycles. The number of hydrogen-bond donors (Lipinski definition) is 2. The highest BCUT2D eigenvalue weighted by Gasteiger charge is 2.09. The van der Waals surface area contributed by atoms with Gasteiger partial charge in [0.25, 0.3) is 0 Å². The molecular weight excluding hydrogens is 539 g/mol. The van der Waals surface area contributed by atoms with Crippen molar-refractivity contribution in [2.24, 2.45) is 4.99 Å². The first-order valence-corrected chi connectivity index (χ1v) is 11.1. The van der Waals surface area contributed by atoms with E-state index >= 15 is 0 Å². The van der Waals surface area contributed by atoms with Gasteiger partial charge >= 0.3 is 0 Å². The minimum atomic E-state index is 0. The summed E-state index contributed by atoms with van der Waals surface area (Å²) in [5.74, 6) is 2.52. The van der Waals surface area contributed by atoms with Crippen LogP contribution < -0.4 is 10.6 Å². The number of imidazole rings is 1. The summed E-state index contributed by atoms with van der Waals surface area (Å²) in [7, 11) is 0. The molecule has 0 amide bonds. The average molecular weight is 570 g/mol. The predicted molar refractivity (Wildman–Crippen MR) is 146 cm³/mol. The zero-order valence-corrected chi connectivity index (χ0v) is 22.3. The van der Waals surface area contributed by atoms with Crippen LogP contribution in [0.25, 0.3) is 11.5 Å². The van der Waals surface area contributed by atoms with Crippen LogP contribution in [0, 0.1) is 20.8 Å². The maximum absolute atomic E-state index is 4.75. The van der Waals surface area contributed by atoms with E-state index in [9.17, 15) is 0 Å². The quantitative estimate of drug-likeness (QED) is 0.197. The molecule has 4 aromatic rings. The van der Waals surface area contributed by atoms with Crippen LogP contribution in [0.3, 0.4) is 0 Å². The van der Waals surface area contributed by atoms with Crippen molar-refractivity contribution >= 4 is 29.9 Å². The molecule has 9 heteroatoms. The summed E-state index contributed by atoms with van der Waals surface area (Å²) in [4.78, 5) is 13.6. The van der Waals surface area contributed by atoms with Gasteiger partial charge in [-0.1, -0.05) is 24.3 Å². The Balaban J connectivity index is 0.00000324. The van der Waals surface area contributed by atoms with Gasteiger partial charge in [-0.15, -0.1) is 24.0 Å². The lowest BCUT2D eigenvalue weighted by atomic mass is 10.1. The Kier molecular flexibility index (Phi) is 8.80. The van der Waals surface area contributed by atoms with Gasteiger partial charge in [-0.25, -0.2) is 19.6 Å². The number of nitrogens with one attached hydrogen (secondary N) is 2. The highest BCUT2D eigenvalue weighted by molar-refractivity contribution is 14.0. The number of pyridine rings is 1. The van der Waals surface area contributed by atoms with Gasteiger partial charge in [-0.2, -0.15) is 5.10 Å². The fourth-order valence-corrected chi connectivity index (χ4v) is 3.70. The number of rotatable bonds is 7. The summed E-state index contributed by atoms with van der Waals surface area (Å²) >= 11 is 0. The summed E-state index contributed by atoms with van der Waals surface area (Å²) < 4.78 is 3.95. The van der Waals surface area contributed by atoms with Gasteiger partial charge in [-0.05, 0) is 57.0 Å². The number of halogens is 1. The molecule has 1 aromatic carbocycles. The Hall–Kier alpha value is -3.21. The summed E-state index contributed by atoms with van der Waals surface area (Å²) in [5.41, 5.74) is 5.38. The van der Waals surface area contributed by atoms with Crippen molar-refractivity contribution < 1.29 is 0 Å². The molecule has 0 saturated heterocycles. The first-order valence-electron chi connectivity index (χ1n) is 11.1. The highest BCUT2D eigenvalue weighted by Crippen LogP contribution is 2.17. The Morgan fingerprint density at radius 1 is 1.03 bits per heavy atom. The van der Waals surface area contributed by atoms with E-state index in [-0.39, 0.29) is 24.0 Å². The maximum atomic E-state index is 4.75. The molecule has 8 nitrogen and oxygen atoms in total. The van der Waals surface area contributed by atoms with Crippen molar-refractivity contribution in [1.82, 2.24) is 34.9 Å². The van der Waals surface area contributed by atoms with E-state index in [1.54, 1.807) is 6.20 Å². The first kappa shape index (κ1) is 25.4. The standard InChI is InChI=1S/C25H30N8.HI/c1-5-26-25(29-16-21-10-11-24(28-15-21)32-13-12-27-20(32)4)30-17-22-8-6-7-9-23(22)33-19(3)14-18(2)31-33;/h6-15H,5,16-17H2,1-4H3,(H2,26,29,30);1H. The van der Waals surface area contributed by atoms with Gasteiger partial charge in [0.2, 0.25) is 0 Å². The second-order valence-corrected chi connectivity index (χ2v) is 7.89. The van der Waals surface area contributed by atoms with Crippen LogP contribution in [0.2, 0.25) is 0 Å². The fourth-order valence-electron chi connectivity index (χ4n) is 3.70. The topological polar surface area (TPSA) is 85.0 Å². The third-order valence-corrected chi connectivity index (χ3v) is 5.32. The molecule has 0 aliphatic heterocycles. The molecule has 34 heavy (non-hydrogen) atoms. The van der Waals surface area contributed by atoms with Gasteiger partial charge < -0.3 is 10.6 Å². The van der Waals surface area contributed by atoms with Crippen LogP contribution in [0.5, 0.6) is 0 Å². The van der Waals surface area contributed by atoms with Crippen molar-refractivity contribution in [3.8, 4) is 11.5 Å². The highest BCUT2D eigenvalue weighted by atomic mass is 127. The second kappa shape index (κ2) is 11.8. The predicted octanol–water partition coefficient (Wildman–Crippen LogP) is 4.25. The lowest BCUT2D eigenvalue weighted by Gasteiger charge is -2.15. The van der Waals surface area contributed by atoms with Crippen LogP contribution in [-0.4, -0.2) is 36.8 Å². The van der Waals surface area contributed by atoms with Gasteiger partial charge in [-0.3, -0.25) is 4.57 Å². The van der Waals surface area contributed by atoms with Gasteiger partial charge in [0.15, 0.2) is 5.96 Å². The third kappa shape index (κ3) is 6.02. The van der Waals surface area contributed by atoms with Gasteiger partial charge in [0, 0.05) is 37.4 Å². The Morgan fingerprint density at radius 2 is 1.85 bits per heavy atom. The molecule has 4 rings (SSSR count). The number of para-hydroxylation sites is 1. The van der Waals surface area contributed by atoms with Crippen molar-refractivity contribution in [2.75, 3.05) is 6.54 Å². The second-order valence-electron chi connectivity index (χ2n) is 7.89. The molecule has 0 saturated carbocycles. The smallest absolute Gasteiger partial charge is 0.191 e. The number of nitrogens with zero attached hydrogens (tertiary/aromatic N) is 6. The molecule has 2 N–H and O–H groups in total. The number of guanidine groups is 1. The molecular formula is C25H31IN8. The number of aromatic nitrogens is 5. The normalized spacial score (nSPS) is 11.2. The molecule has 0 atom stereocenters. The fraction of sp³-hybridized carbons (Fsp3) is 0.280. The van der Waals surface area contributed by atoms with E-state index in [4.69, 9.17) is 4.99 Å². The molecule has 178 valence electrons. The number of aryl methyl sites for hydroxylation is 3. The first-order chi connectivity index (χ1) is 16.0.